The fraction of sp³-hybridized carbons (Fsp3) is 0.769. The van der Waals surface area contributed by atoms with Gasteiger partial charge in [-0.05, 0) is 25.7 Å². The van der Waals surface area contributed by atoms with Crippen LogP contribution in [0.5, 0.6) is 0 Å². The van der Waals surface area contributed by atoms with Crippen molar-refractivity contribution in [3.63, 3.8) is 0 Å². The van der Waals surface area contributed by atoms with Crippen molar-refractivity contribution < 1.29 is 0 Å². The Labute approximate surface area is 102 Å². The smallest absolute Gasteiger partial charge is 0.0925 e. The molecular formula is C13H22N2S. The molecule has 1 atom stereocenters. The van der Waals surface area contributed by atoms with Crippen LogP contribution in [0.1, 0.15) is 43.8 Å². The summed E-state index contributed by atoms with van der Waals surface area (Å²) in [6, 6.07) is 0.678. The fourth-order valence-electron chi connectivity index (χ4n) is 2.01. The molecular weight excluding hydrogens is 216 g/mol. The number of nitrogens with zero attached hydrogens (tertiary/aromatic N) is 1. The van der Waals surface area contributed by atoms with E-state index in [0.717, 1.165) is 25.3 Å². The highest BCUT2D eigenvalue weighted by Crippen LogP contribution is 2.33. The molecule has 1 aliphatic rings. The molecule has 90 valence electrons. The largest absolute Gasteiger partial charge is 0.314 e. The van der Waals surface area contributed by atoms with Gasteiger partial charge in [-0.25, -0.2) is 4.98 Å². The number of rotatable bonds is 7. The van der Waals surface area contributed by atoms with Crippen molar-refractivity contribution in [3.05, 3.63) is 16.1 Å². The van der Waals surface area contributed by atoms with Crippen LogP contribution < -0.4 is 5.32 Å². The number of hydrogen-bond donors (Lipinski definition) is 1. The molecule has 0 amide bonds. The molecule has 1 saturated carbocycles. The van der Waals surface area contributed by atoms with Gasteiger partial charge in [-0.2, -0.15) is 0 Å². The van der Waals surface area contributed by atoms with Gasteiger partial charge in [-0.15, -0.1) is 11.3 Å². The minimum Gasteiger partial charge on any atom is -0.314 e. The standard InChI is InChI=1S/C13H22N2S/c1-3-13-15-12(9-16-13)6-7-14-10(2)8-11-4-5-11/h9-11,14H,3-8H2,1-2H3. The average molecular weight is 238 g/mol. The summed E-state index contributed by atoms with van der Waals surface area (Å²) in [5.74, 6) is 1.02. The second-order valence-electron chi connectivity index (χ2n) is 4.87. The minimum atomic E-state index is 0.678. The molecule has 0 spiro atoms. The van der Waals surface area contributed by atoms with E-state index in [0.29, 0.717) is 6.04 Å². The zero-order valence-corrected chi connectivity index (χ0v) is 11.1. The van der Waals surface area contributed by atoms with Gasteiger partial charge in [-0.1, -0.05) is 19.8 Å². The Balaban J connectivity index is 1.62. The predicted octanol–water partition coefficient (Wildman–Crippen LogP) is 3.03. The lowest BCUT2D eigenvalue weighted by Crippen LogP contribution is -2.28. The maximum atomic E-state index is 4.58. The Morgan fingerprint density at radius 3 is 3.00 bits per heavy atom. The third-order valence-corrected chi connectivity index (χ3v) is 4.20. The summed E-state index contributed by atoms with van der Waals surface area (Å²) in [6.07, 6.45) is 6.41. The Kier molecular flexibility index (Phi) is 4.36. The first kappa shape index (κ1) is 12.1. The normalized spacial score (nSPS) is 17.6. The van der Waals surface area contributed by atoms with Crippen LogP contribution in [-0.2, 0) is 12.8 Å². The van der Waals surface area contributed by atoms with Crippen molar-refractivity contribution in [1.29, 1.82) is 0 Å². The molecule has 1 aliphatic carbocycles. The highest BCUT2D eigenvalue weighted by molar-refractivity contribution is 7.09. The lowest BCUT2D eigenvalue weighted by atomic mass is 10.1. The molecule has 0 aromatic carbocycles. The van der Waals surface area contributed by atoms with Crippen molar-refractivity contribution in [1.82, 2.24) is 10.3 Å². The van der Waals surface area contributed by atoms with E-state index in [-0.39, 0.29) is 0 Å². The molecule has 1 aromatic rings. The average Bonchev–Trinajstić information content (AvgIpc) is 2.96. The van der Waals surface area contributed by atoms with E-state index < -0.39 is 0 Å². The first-order valence-corrected chi connectivity index (χ1v) is 7.32. The summed E-state index contributed by atoms with van der Waals surface area (Å²) < 4.78 is 0. The Morgan fingerprint density at radius 2 is 2.38 bits per heavy atom. The van der Waals surface area contributed by atoms with Gasteiger partial charge in [0.15, 0.2) is 0 Å². The number of nitrogens with one attached hydrogen (secondary N) is 1. The molecule has 1 N–H and O–H groups in total. The van der Waals surface area contributed by atoms with E-state index in [9.17, 15) is 0 Å². The molecule has 1 aromatic heterocycles. The van der Waals surface area contributed by atoms with Crippen LogP contribution in [0.2, 0.25) is 0 Å². The quantitative estimate of drug-likeness (QED) is 0.790. The number of hydrogen-bond acceptors (Lipinski definition) is 3. The van der Waals surface area contributed by atoms with Gasteiger partial charge in [0.1, 0.15) is 0 Å². The zero-order valence-electron chi connectivity index (χ0n) is 10.3. The molecule has 1 unspecified atom stereocenters. The number of thiazole rings is 1. The van der Waals surface area contributed by atoms with Gasteiger partial charge in [0.25, 0.3) is 0 Å². The van der Waals surface area contributed by atoms with Crippen molar-refractivity contribution in [3.8, 4) is 0 Å². The molecule has 1 fully saturated rings. The predicted molar refractivity (Wildman–Crippen MR) is 70.0 cm³/mol. The summed E-state index contributed by atoms with van der Waals surface area (Å²) in [4.78, 5) is 4.58. The highest BCUT2D eigenvalue weighted by Gasteiger charge is 2.23. The summed E-state index contributed by atoms with van der Waals surface area (Å²) in [7, 11) is 0. The van der Waals surface area contributed by atoms with Crippen LogP contribution in [0.25, 0.3) is 0 Å². The monoisotopic (exact) mass is 238 g/mol. The molecule has 0 saturated heterocycles. The van der Waals surface area contributed by atoms with Crippen molar-refractivity contribution >= 4 is 11.3 Å². The van der Waals surface area contributed by atoms with E-state index in [1.165, 1.54) is 30.0 Å². The Morgan fingerprint density at radius 1 is 1.56 bits per heavy atom. The zero-order chi connectivity index (χ0) is 11.4. The van der Waals surface area contributed by atoms with Gasteiger partial charge in [0.05, 0.1) is 10.7 Å². The fourth-order valence-corrected chi connectivity index (χ4v) is 2.79. The van der Waals surface area contributed by atoms with Gasteiger partial charge in [0, 0.05) is 24.4 Å². The second kappa shape index (κ2) is 5.78. The molecule has 1 heterocycles. The minimum absolute atomic E-state index is 0.678. The summed E-state index contributed by atoms with van der Waals surface area (Å²) in [5.41, 5.74) is 1.26. The Bertz CT molecular complexity index is 317. The van der Waals surface area contributed by atoms with E-state index in [2.05, 4.69) is 29.5 Å². The maximum absolute atomic E-state index is 4.58. The summed E-state index contributed by atoms with van der Waals surface area (Å²) in [6.45, 7) is 5.54. The van der Waals surface area contributed by atoms with E-state index in [1.54, 1.807) is 11.3 Å². The molecule has 2 rings (SSSR count). The first-order valence-electron chi connectivity index (χ1n) is 6.44. The van der Waals surface area contributed by atoms with E-state index >= 15 is 0 Å². The third kappa shape index (κ3) is 3.87. The molecule has 0 aliphatic heterocycles. The molecule has 16 heavy (non-hydrogen) atoms. The van der Waals surface area contributed by atoms with E-state index in [1.807, 2.05) is 0 Å². The second-order valence-corrected chi connectivity index (χ2v) is 5.81. The van der Waals surface area contributed by atoms with Crippen LogP contribution in [0, 0.1) is 5.92 Å². The number of aryl methyl sites for hydroxylation is 1. The first-order chi connectivity index (χ1) is 7.78. The molecule has 3 heteroatoms. The van der Waals surface area contributed by atoms with Crippen LogP contribution in [0.3, 0.4) is 0 Å². The Hall–Kier alpha value is -0.410. The van der Waals surface area contributed by atoms with Gasteiger partial charge < -0.3 is 5.32 Å². The van der Waals surface area contributed by atoms with Crippen LogP contribution in [0.4, 0.5) is 0 Å². The molecule has 0 bridgehead atoms. The van der Waals surface area contributed by atoms with Crippen LogP contribution in [-0.4, -0.2) is 17.6 Å². The number of aromatic nitrogens is 1. The van der Waals surface area contributed by atoms with Crippen molar-refractivity contribution in [2.75, 3.05) is 6.54 Å². The SMILES string of the molecule is CCc1nc(CCNC(C)CC2CC2)cs1. The maximum Gasteiger partial charge on any atom is 0.0925 e. The van der Waals surface area contributed by atoms with Gasteiger partial charge in [-0.3, -0.25) is 0 Å². The van der Waals surface area contributed by atoms with Crippen LogP contribution in [0.15, 0.2) is 5.38 Å². The summed E-state index contributed by atoms with van der Waals surface area (Å²) >= 11 is 1.79. The van der Waals surface area contributed by atoms with Crippen molar-refractivity contribution in [2.45, 2.75) is 52.0 Å². The highest BCUT2D eigenvalue weighted by atomic mass is 32.1. The third-order valence-electron chi connectivity index (χ3n) is 3.16. The summed E-state index contributed by atoms with van der Waals surface area (Å²) in [5, 5.41) is 7.06. The van der Waals surface area contributed by atoms with E-state index in [4.69, 9.17) is 0 Å². The lowest BCUT2D eigenvalue weighted by molar-refractivity contribution is 0.490. The lowest BCUT2D eigenvalue weighted by Gasteiger charge is -2.12. The molecule has 0 radical (unpaired) electrons. The van der Waals surface area contributed by atoms with Gasteiger partial charge in [0.2, 0.25) is 0 Å². The van der Waals surface area contributed by atoms with Crippen molar-refractivity contribution in [2.24, 2.45) is 5.92 Å². The topological polar surface area (TPSA) is 24.9 Å². The van der Waals surface area contributed by atoms with Crippen LogP contribution >= 0.6 is 11.3 Å². The molecule has 2 nitrogen and oxygen atoms in total. The van der Waals surface area contributed by atoms with Gasteiger partial charge >= 0.3 is 0 Å².